The highest BCUT2D eigenvalue weighted by atomic mass is 15.1. The van der Waals surface area contributed by atoms with E-state index in [1.807, 2.05) is 6.20 Å². The molecule has 0 unspecified atom stereocenters. The Kier molecular flexibility index (Phi) is 1.42. The number of fused-ring (bicyclic) bond motifs is 1. The molecular weight excluding hydrogens is 134 g/mol. The Morgan fingerprint density at radius 1 is 1.18 bits per heavy atom. The van der Waals surface area contributed by atoms with Crippen LogP contribution in [-0.2, 0) is 13.1 Å². The lowest BCUT2D eigenvalue weighted by molar-refractivity contribution is 0.400. The number of hydrogen-bond acceptors (Lipinski definition) is 1. The van der Waals surface area contributed by atoms with Crippen molar-refractivity contribution in [2.24, 2.45) is 0 Å². The molecule has 1 aromatic carbocycles. The normalized spacial score (nSPS) is 14.7. The van der Waals surface area contributed by atoms with Gasteiger partial charge >= 0.3 is 0 Å². The second kappa shape index (κ2) is 2.42. The molecule has 56 valence electrons. The molecule has 1 heterocycles. The first-order valence-electron chi connectivity index (χ1n) is 3.83. The fourth-order valence-electron chi connectivity index (χ4n) is 1.49. The van der Waals surface area contributed by atoms with Crippen LogP contribution in [0.1, 0.15) is 11.1 Å². The van der Waals surface area contributed by atoms with Crippen LogP contribution in [0, 0.1) is 0 Å². The summed E-state index contributed by atoms with van der Waals surface area (Å²) in [7, 11) is 0. The van der Waals surface area contributed by atoms with E-state index in [9.17, 15) is 0 Å². The minimum Gasteiger partial charge on any atom is -0.369 e. The Balaban J connectivity index is 2.33. The molecule has 1 aliphatic rings. The molecule has 0 N–H and O–H groups in total. The van der Waals surface area contributed by atoms with E-state index in [-0.39, 0.29) is 0 Å². The molecule has 1 nitrogen and oxygen atoms in total. The molecule has 0 atom stereocenters. The van der Waals surface area contributed by atoms with Crippen molar-refractivity contribution in [3.05, 3.63) is 48.2 Å². The highest BCUT2D eigenvalue weighted by molar-refractivity contribution is 5.30. The van der Waals surface area contributed by atoms with Gasteiger partial charge in [-0.2, -0.15) is 0 Å². The van der Waals surface area contributed by atoms with Gasteiger partial charge in [0.2, 0.25) is 0 Å². The van der Waals surface area contributed by atoms with Crippen molar-refractivity contribution in [2.45, 2.75) is 13.1 Å². The minimum atomic E-state index is 1.03. The van der Waals surface area contributed by atoms with E-state index in [1.54, 1.807) is 0 Å². The summed E-state index contributed by atoms with van der Waals surface area (Å²) in [5, 5.41) is 0. The lowest BCUT2D eigenvalue weighted by Crippen LogP contribution is -2.05. The van der Waals surface area contributed by atoms with Gasteiger partial charge < -0.3 is 4.90 Å². The van der Waals surface area contributed by atoms with Crippen LogP contribution in [0.25, 0.3) is 0 Å². The standard InChI is InChI=1S/C10H11N/c1-2-11-7-9-5-3-4-6-10(9)8-11/h2-6H,1,7-8H2. The van der Waals surface area contributed by atoms with Crippen LogP contribution >= 0.6 is 0 Å². The van der Waals surface area contributed by atoms with Gasteiger partial charge in [0, 0.05) is 13.1 Å². The maximum atomic E-state index is 3.75. The van der Waals surface area contributed by atoms with Crippen LogP contribution in [0.4, 0.5) is 0 Å². The Labute approximate surface area is 67.0 Å². The Morgan fingerprint density at radius 2 is 1.73 bits per heavy atom. The van der Waals surface area contributed by atoms with Crippen molar-refractivity contribution in [2.75, 3.05) is 0 Å². The maximum absolute atomic E-state index is 3.75. The van der Waals surface area contributed by atoms with Crippen molar-refractivity contribution in [3.63, 3.8) is 0 Å². The largest absolute Gasteiger partial charge is 0.369 e. The van der Waals surface area contributed by atoms with E-state index in [0.717, 1.165) is 13.1 Å². The fourth-order valence-corrected chi connectivity index (χ4v) is 1.49. The predicted octanol–water partition coefficient (Wildman–Crippen LogP) is 2.15. The Morgan fingerprint density at radius 3 is 2.18 bits per heavy atom. The van der Waals surface area contributed by atoms with Crippen LogP contribution < -0.4 is 0 Å². The first-order valence-corrected chi connectivity index (χ1v) is 3.83. The zero-order chi connectivity index (χ0) is 7.68. The molecule has 0 aliphatic carbocycles. The van der Waals surface area contributed by atoms with Crippen LogP contribution in [0.5, 0.6) is 0 Å². The summed E-state index contributed by atoms with van der Waals surface area (Å²) in [4.78, 5) is 2.21. The molecule has 0 saturated heterocycles. The third-order valence-electron chi connectivity index (χ3n) is 2.12. The molecule has 11 heavy (non-hydrogen) atoms. The monoisotopic (exact) mass is 145 g/mol. The van der Waals surface area contributed by atoms with E-state index in [4.69, 9.17) is 0 Å². The maximum Gasteiger partial charge on any atom is 0.0430 e. The second-order valence-corrected chi connectivity index (χ2v) is 2.86. The molecule has 0 spiro atoms. The number of benzene rings is 1. The lowest BCUT2D eigenvalue weighted by Gasteiger charge is -2.08. The first-order chi connectivity index (χ1) is 5.40. The van der Waals surface area contributed by atoms with E-state index < -0.39 is 0 Å². The average molecular weight is 145 g/mol. The second-order valence-electron chi connectivity index (χ2n) is 2.86. The summed E-state index contributed by atoms with van der Waals surface area (Å²) in [6.45, 7) is 5.81. The van der Waals surface area contributed by atoms with E-state index in [2.05, 4.69) is 35.7 Å². The SMILES string of the molecule is C=CN1Cc2ccccc2C1. The molecule has 0 aromatic heterocycles. The van der Waals surface area contributed by atoms with Crippen molar-refractivity contribution < 1.29 is 0 Å². The topological polar surface area (TPSA) is 3.24 Å². The smallest absolute Gasteiger partial charge is 0.0430 e. The van der Waals surface area contributed by atoms with Crippen molar-refractivity contribution in [1.82, 2.24) is 4.90 Å². The van der Waals surface area contributed by atoms with Gasteiger partial charge in [0.1, 0.15) is 0 Å². The molecule has 0 fully saturated rings. The summed E-state index contributed by atoms with van der Waals surface area (Å²) < 4.78 is 0. The molecule has 0 bridgehead atoms. The Bertz CT molecular complexity index is 253. The molecule has 1 heteroatoms. The van der Waals surface area contributed by atoms with Crippen LogP contribution in [0.3, 0.4) is 0 Å². The molecule has 1 aromatic rings. The van der Waals surface area contributed by atoms with Gasteiger partial charge in [-0.3, -0.25) is 0 Å². The van der Waals surface area contributed by atoms with Gasteiger partial charge in [-0.25, -0.2) is 0 Å². The third-order valence-corrected chi connectivity index (χ3v) is 2.12. The summed E-state index contributed by atoms with van der Waals surface area (Å²) in [5.74, 6) is 0. The molecule has 0 radical (unpaired) electrons. The van der Waals surface area contributed by atoms with E-state index in [1.165, 1.54) is 11.1 Å². The molecule has 0 saturated carbocycles. The molecule has 0 amide bonds. The third kappa shape index (κ3) is 1.03. The van der Waals surface area contributed by atoms with Gasteiger partial charge in [-0.1, -0.05) is 30.8 Å². The zero-order valence-corrected chi connectivity index (χ0v) is 6.46. The van der Waals surface area contributed by atoms with Gasteiger partial charge in [-0.15, -0.1) is 0 Å². The predicted molar refractivity (Wildman–Crippen MR) is 45.9 cm³/mol. The van der Waals surface area contributed by atoms with E-state index >= 15 is 0 Å². The van der Waals surface area contributed by atoms with Crippen LogP contribution in [-0.4, -0.2) is 4.90 Å². The van der Waals surface area contributed by atoms with Crippen LogP contribution in [0.15, 0.2) is 37.0 Å². The van der Waals surface area contributed by atoms with Gasteiger partial charge in [0.25, 0.3) is 0 Å². The number of rotatable bonds is 1. The molecular formula is C10H11N. The number of hydrogen-bond donors (Lipinski definition) is 0. The molecule has 1 aliphatic heterocycles. The van der Waals surface area contributed by atoms with E-state index in [0.29, 0.717) is 0 Å². The quantitative estimate of drug-likeness (QED) is 0.585. The highest BCUT2D eigenvalue weighted by Crippen LogP contribution is 2.21. The van der Waals surface area contributed by atoms with Crippen LogP contribution in [0.2, 0.25) is 0 Å². The molecule has 2 rings (SSSR count). The van der Waals surface area contributed by atoms with Gasteiger partial charge in [-0.05, 0) is 17.3 Å². The first kappa shape index (κ1) is 6.47. The Hall–Kier alpha value is -1.24. The van der Waals surface area contributed by atoms with Crippen molar-refractivity contribution in [1.29, 1.82) is 0 Å². The summed E-state index contributed by atoms with van der Waals surface area (Å²) >= 11 is 0. The summed E-state index contributed by atoms with van der Waals surface area (Å²) in [6, 6.07) is 8.54. The zero-order valence-electron chi connectivity index (χ0n) is 6.46. The highest BCUT2D eigenvalue weighted by Gasteiger charge is 2.13. The van der Waals surface area contributed by atoms with Crippen molar-refractivity contribution >= 4 is 0 Å². The number of nitrogens with zero attached hydrogens (tertiary/aromatic N) is 1. The van der Waals surface area contributed by atoms with Gasteiger partial charge in [0.05, 0.1) is 0 Å². The summed E-state index contributed by atoms with van der Waals surface area (Å²) in [6.07, 6.45) is 1.90. The summed E-state index contributed by atoms with van der Waals surface area (Å²) in [5.41, 5.74) is 2.87. The van der Waals surface area contributed by atoms with Crippen molar-refractivity contribution in [3.8, 4) is 0 Å². The van der Waals surface area contributed by atoms with Gasteiger partial charge in [0.15, 0.2) is 0 Å². The lowest BCUT2D eigenvalue weighted by atomic mass is 10.1. The average Bonchev–Trinajstić information content (AvgIpc) is 2.46. The minimum absolute atomic E-state index is 1.03. The fraction of sp³-hybridized carbons (Fsp3) is 0.200.